The molecule has 2 rings (SSSR count). The van der Waals surface area contributed by atoms with Crippen molar-refractivity contribution >= 4 is 17.6 Å². The predicted molar refractivity (Wildman–Crippen MR) is 79.1 cm³/mol. The molecule has 1 fully saturated rings. The van der Waals surface area contributed by atoms with E-state index in [-0.39, 0.29) is 12.5 Å². The van der Waals surface area contributed by atoms with Crippen LogP contribution in [0.25, 0.3) is 0 Å². The molecule has 1 N–H and O–H groups in total. The number of para-hydroxylation sites is 1. The number of nitrogens with one attached hydrogen (secondary N) is 1. The molecule has 0 unspecified atom stereocenters. The lowest BCUT2D eigenvalue weighted by atomic mass is 10.1. The second kappa shape index (κ2) is 7.22. The van der Waals surface area contributed by atoms with Crippen molar-refractivity contribution in [2.75, 3.05) is 18.5 Å². The van der Waals surface area contributed by atoms with Crippen LogP contribution in [0.1, 0.15) is 30.9 Å². The minimum atomic E-state index is -0.512. The minimum absolute atomic E-state index is 0.282. The summed E-state index contributed by atoms with van der Waals surface area (Å²) < 4.78 is 10.2. The second-order valence-electron chi connectivity index (χ2n) is 5.12. The highest BCUT2D eigenvalue weighted by atomic mass is 16.6. The van der Waals surface area contributed by atoms with Crippen molar-refractivity contribution in [3.8, 4) is 0 Å². The Labute approximate surface area is 124 Å². The average Bonchev–Trinajstić information content (AvgIpc) is 3.01. The number of carbonyl (C=O) groups is 2. The number of hydrogen-bond donors (Lipinski definition) is 1. The number of benzene rings is 1. The highest BCUT2D eigenvalue weighted by Gasteiger charge is 2.25. The molecule has 1 aromatic rings. The van der Waals surface area contributed by atoms with E-state index in [1.165, 1.54) is 0 Å². The summed E-state index contributed by atoms with van der Waals surface area (Å²) in [5.74, 6) is -0.784. The first-order valence-electron chi connectivity index (χ1n) is 7.28. The Kier molecular flexibility index (Phi) is 5.33. The monoisotopic (exact) mass is 291 g/mol. The van der Waals surface area contributed by atoms with E-state index in [0.717, 1.165) is 29.7 Å². The maximum Gasteiger partial charge on any atom is 0.335 e. The fourth-order valence-corrected chi connectivity index (χ4v) is 2.37. The number of carbonyl (C=O) groups excluding carboxylic acids is 2. The summed E-state index contributed by atoms with van der Waals surface area (Å²) in [5, 5.41) is 2.82. The third kappa shape index (κ3) is 4.04. The molecule has 5 nitrogen and oxygen atoms in total. The number of amides is 1. The van der Waals surface area contributed by atoms with Gasteiger partial charge in [0.2, 0.25) is 0 Å². The van der Waals surface area contributed by atoms with Crippen LogP contribution in [0.15, 0.2) is 18.2 Å². The van der Waals surface area contributed by atoms with Gasteiger partial charge in [0.05, 0.1) is 0 Å². The maximum atomic E-state index is 11.9. The molecule has 1 aromatic carbocycles. The molecule has 0 bridgehead atoms. The van der Waals surface area contributed by atoms with Crippen molar-refractivity contribution in [2.45, 2.75) is 39.2 Å². The fourth-order valence-electron chi connectivity index (χ4n) is 2.37. The summed E-state index contributed by atoms with van der Waals surface area (Å²) in [7, 11) is 0. The summed E-state index contributed by atoms with van der Waals surface area (Å²) in [6.07, 6.45) is 1.84. The lowest BCUT2D eigenvalue weighted by Gasteiger charge is -2.14. The van der Waals surface area contributed by atoms with Crippen LogP contribution in [-0.2, 0) is 25.5 Å². The number of anilines is 1. The van der Waals surface area contributed by atoms with Gasteiger partial charge >= 0.3 is 5.97 Å². The molecule has 1 heterocycles. The fraction of sp³-hybridized carbons (Fsp3) is 0.500. The van der Waals surface area contributed by atoms with Crippen molar-refractivity contribution < 1.29 is 19.1 Å². The Morgan fingerprint density at radius 3 is 2.90 bits per heavy atom. The highest BCUT2D eigenvalue weighted by Crippen LogP contribution is 2.21. The van der Waals surface area contributed by atoms with E-state index in [9.17, 15) is 9.59 Å². The third-order valence-electron chi connectivity index (χ3n) is 3.54. The normalized spacial score (nSPS) is 17.5. The van der Waals surface area contributed by atoms with Gasteiger partial charge in [-0.05, 0) is 37.3 Å². The predicted octanol–water partition coefficient (Wildman–Crippen LogP) is 2.22. The lowest BCUT2D eigenvalue weighted by molar-refractivity contribution is -0.156. The molecule has 0 aliphatic carbocycles. The zero-order valence-corrected chi connectivity index (χ0v) is 12.5. The smallest absolute Gasteiger partial charge is 0.335 e. The highest BCUT2D eigenvalue weighted by molar-refractivity contribution is 5.94. The lowest BCUT2D eigenvalue weighted by Crippen LogP contribution is -2.27. The van der Waals surface area contributed by atoms with Crippen LogP contribution in [-0.4, -0.2) is 31.2 Å². The molecule has 1 aliphatic heterocycles. The average molecular weight is 291 g/mol. The summed E-state index contributed by atoms with van der Waals surface area (Å²) in [4.78, 5) is 23.6. The van der Waals surface area contributed by atoms with Crippen LogP contribution >= 0.6 is 0 Å². The molecule has 0 aromatic heterocycles. The Hall–Kier alpha value is -1.88. The molecule has 1 saturated heterocycles. The van der Waals surface area contributed by atoms with Gasteiger partial charge in [-0.3, -0.25) is 4.79 Å². The van der Waals surface area contributed by atoms with E-state index in [1.54, 1.807) is 0 Å². The van der Waals surface area contributed by atoms with Crippen LogP contribution in [0.3, 0.4) is 0 Å². The van der Waals surface area contributed by atoms with E-state index < -0.39 is 12.1 Å². The van der Waals surface area contributed by atoms with Crippen LogP contribution in [0.5, 0.6) is 0 Å². The van der Waals surface area contributed by atoms with Gasteiger partial charge in [-0.2, -0.15) is 0 Å². The molecule has 0 radical (unpaired) electrons. The molecular weight excluding hydrogens is 270 g/mol. The minimum Gasteiger partial charge on any atom is -0.454 e. The molecule has 21 heavy (non-hydrogen) atoms. The van der Waals surface area contributed by atoms with Crippen molar-refractivity contribution in [3.63, 3.8) is 0 Å². The van der Waals surface area contributed by atoms with Gasteiger partial charge in [-0.15, -0.1) is 0 Å². The zero-order valence-electron chi connectivity index (χ0n) is 12.5. The summed E-state index contributed by atoms with van der Waals surface area (Å²) in [6.45, 7) is 4.26. The van der Waals surface area contributed by atoms with Crippen LogP contribution < -0.4 is 5.32 Å². The topological polar surface area (TPSA) is 64.6 Å². The van der Waals surface area contributed by atoms with Crippen molar-refractivity contribution in [1.82, 2.24) is 0 Å². The first-order chi connectivity index (χ1) is 10.1. The molecule has 114 valence electrons. The van der Waals surface area contributed by atoms with Crippen LogP contribution in [0.4, 0.5) is 5.69 Å². The van der Waals surface area contributed by atoms with Gasteiger partial charge < -0.3 is 14.8 Å². The maximum absolute atomic E-state index is 11.9. The Balaban J connectivity index is 1.88. The molecule has 1 amide bonds. The number of rotatable bonds is 5. The number of hydrogen-bond acceptors (Lipinski definition) is 4. The summed E-state index contributed by atoms with van der Waals surface area (Å²) >= 11 is 0. The molecule has 1 aliphatic rings. The number of aryl methyl sites for hydroxylation is 2. The molecular formula is C16H21NO4. The quantitative estimate of drug-likeness (QED) is 0.845. The molecule has 1 atom stereocenters. The SMILES string of the molecule is CCc1cccc(C)c1NC(=O)COC(=O)[C@H]1CCCO1. The van der Waals surface area contributed by atoms with Crippen LogP contribution in [0, 0.1) is 6.92 Å². The van der Waals surface area contributed by atoms with Gasteiger partial charge in [-0.1, -0.05) is 25.1 Å². The van der Waals surface area contributed by atoms with Gasteiger partial charge in [0.15, 0.2) is 12.7 Å². The van der Waals surface area contributed by atoms with Gasteiger partial charge in [0.1, 0.15) is 0 Å². The Bertz CT molecular complexity index is 521. The number of esters is 1. The summed E-state index contributed by atoms with van der Waals surface area (Å²) in [5.41, 5.74) is 2.86. The van der Waals surface area contributed by atoms with Crippen LogP contribution in [0.2, 0.25) is 0 Å². The largest absolute Gasteiger partial charge is 0.454 e. The van der Waals surface area contributed by atoms with E-state index in [2.05, 4.69) is 5.32 Å². The van der Waals surface area contributed by atoms with Gasteiger partial charge in [0, 0.05) is 12.3 Å². The second-order valence-corrected chi connectivity index (χ2v) is 5.12. The first-order valence-corrected chi connectivity index (χ1v) is 7.28. The van der Waals surface area contributed by atoms with E-state index in [0.29, 0.717) is 13.0 Å². The summed E-state index contributed by atoms with van der Waals surface area (Å²) in [6, 6.07) is 5.87. The van der Waals surface area contributed by atoms with E-state index in [4.69, 9.17) is 9.47 Å². The van der Waals surface area contributed by atoms with Crippen molar-refractivity contribution in [2.24, 2.45) is 0 Å². The molecule has 5 heteroatoms. The zero-order chi connectivity index (χ0) is 15.2. The van der Waals surface area contributed by atoms with Gasteiger partial charge in [0.25, 0.3) is 5.91 Å². The molecule has 0 saturated carbocycles. The standard InChI is InChI=1S/C16H21NO4/c1-3-12-7-4-6-11(2)15(12)17-14(18)10-21-16(19)13-8-5-9-20-13/h4,6-7,13H,3,5,8-10H2,1-2H3,(H,17,18)/t13-/m1/s1. The van der Waals surface area contributed by atoms with E-state index in [1.807, 2.05) is 32.0 Å². The third-order valence-corrected chi connectivity index (χ3v) is 3.54. The van der Waals surface area contributed by atoms with Gasteiger partial charge in [-0.25, -0.2) is 4.79 Å². The Morgan fingerprint density at radius 2 is 2.24 bits per heavy atom. The first kappa shape index (κ1) is 15.5. The molecule has 0 spiro atoms. The van der Waals surface area contributed by atoms with Crippen molar-refractivity contribution in [3.05, 3.63) is 29.3 Å². The van der Waals surface area contributed by atoms with Crippen molar-refractivity contribution in [1.29, 1.82) is 0 Å². The number of ether oxygens (including phenoxy) is 2. The Morgan fingerprint density at radius 1 is 1.43 bits per heavy atom. The van der Waals surface area contributed by atoms with E-state index >= 15 is 0 Å².